The highest BCUT2D eigenvalue weighted by Gasteiger charge is 2.28. The highest BCUT2D eigenvalue weighted by molar-refractivity contribution is 8.00. The monoisotopic (exact) mass is 384 g/mol. The number of carbonyl (C=O) groups is 1. The maximum atomic E-state index is 13.1. The van der Waals surface area contributed by atoms with Crippen LogP contribution >= 0.6 is 11.8 Å². The van der Waals surface area contributed by atoms with Crippen molar-refractivity contribution in [3.63, 3.8) is 0 Å². The molecule has 0 aliphatic rings. The fourth-order valence-corrected chi connectivity index (χ4v) is 4.05. The number of nitrogens with zero attached hydrogens (tertiary/aromatic N) is 4. The Morgan fingerprint density at radius 3 is 2.48 bits per heavy atom. The molecule has 3 rings (SSSR count). The zero-order valence-electron chi connectivity index (χ0n) is 16.0. The number of carbonyl (C=O) groups excluding carboxylic acids is 1. The second-order valence-electron chi connectivity index (χ2n) is 6.17. The quantitative estimate of drug-likeness (QED) is 0.574. The van der Waals surface area contributed by atoms with Crippen molar-refractivity contribution in [3.8, 4) is 11.4 Å². The molecule has 0 spiro atoms. The first kappa shape index (κ1) is 19.2. The number of rotatable bonds is 7. The van der Waals surface area contributed by atoms with Crippen LogP contribution in [0.1, 0.15) is 30.4 Å². The van der Waals surface area contributed by atoms with Crippen LogP contribution in [0.4, 0.5) is 0 Å². The van der Waals surface area contributed by atoms with Crippen molar-refractivity contribution in [1.29, 1.82) is 0 Å². The van der Waals surface area contributed by atoms with E-state index in [1.165, 1.54) is 11.8 Å². The molecule has 2 aromatic heterocycles. The minimum atomic E-state index is -0.368. The predicted molar refractivity (Wildman–Crippen MR) is 106 cm³/mol. The van der Waals surface area contributed by atoms with Gasteiger partial charge in [-0.05, 0) is 32.4 Å². The largest absolute Gasteiger partial charge is 0.469 e. The summed E-state index contributed by atoms with van der Waals surface area (Å²) in [6.07, 6.45) is 1.64. The van der Waals surface area contributed by atoms with Gasteiger partial charge in [0.25, 0.3) is 0 Å². The van der Waals surface area contributed by atoms with Gasteiger partial charge in [-0.25, -0.2) is 0 Å². The Hall–Kier alpha value is -2.54. The van der Waals surface area contributed by atoms with Gasteiger partial charge in [0.05, 0.1) is 11.8 Å². The molecule has 0 radical (unpaired) electrons. The van der Waals surface area contributed by atoms with Crippen molar-refractivity contribution >= 4 is 17.7 Å². The number of likely N-dealkylation sites (N-methyl/N-ethyl adjacent to an activating group) is 1. The molecule has 1 aromatic carbocycles. The fourth-order valence-electron chi connectivity index (χ4n) is 2.96. The van der Waals surface area contributed by atoms with Gasteiger partial charge < -0.3 is 13.9 Å². The van der Waals surface area contributed by atoms with Crippen molar-refractivity contribution in [1.82, 2.24) is 19.7 Å². The lowest BCUT2D eigenvalue weighted by Gasteiger charge is -2.24. The van der Waals surface area contributed by atoms with Crippen molar-refractivity contribution in [2.75, 3.05) is 13.1 Å². The molecule has 142 valence electrons. The first-order chi connectivity index (χ1) is 13.1. The Bertz CT molecular complexity index is 900. The van der Waals surface area contributed by atoms with E-state index >= 15 is 0 Å². The number of hydrogen-bond acceptors (Lipinski definition) is 5. The van der Waals surface area contributed by atoms with E-state index in [9.17, 15) is 4.79 Å². The zero-order valence-corrected chi connectivity index (χ0v) is 16.9. The second kappa shape index (κ2) is 8.43. The van der Waals surface area contributed by atoms with Gasteiger partial charge in [-0.3, -0.25) is 4.79 Å². The van der Waals surface area contributed by atoms with Crippen LogP contribution < -0.4 is 0 Å². The van der Waals surface area contributed by atoms with Crippen LogP contribution in [0.3, 0.4) is 0 Å². The average molecular weight is 385 g/mol. The van der Waals surface area contributed by atoms with Gasteiger partial charge in [-0.15, -0.1) is 10.2 Å². The molecule has 3 aromatic rings. The van der Waals surface area contributed by atoms with E-state index in [1.54, 1.807) is 6.26 Å². The van der Waals surface area contributed by atoms with Crippen LogP contribution in [0.5, 0.6) is 0 Å². The third-order valence-corrected chi connectivity index (χ3v) is 5.84. The topological polar surface area (TPSA) is 64.2 Å². The molecule has 0 fully saturated rings. The van der Waals surface area contributed by atoms with Crippen LogP contribution in [-0.4, -0.2) is 38.7 Å². The molecule has 27 heavy (non-hydrogen) atoms. The fraction of sp³-hybridized carbons (Fsp3) is 0.350. The molecule has 6 nitrogen and oxygen atoms in total. The van der Waals surface area contributed by atoms with E-state index in [0.29, 0.717) is 18.2 Å². The minimum absolute atomic E-state index is 0.0836. The molecule has 0 N–H and O–H groups in total. The van der Waals surface area contributed by atoms with Gasteiger partial charge in [0, 0.05) is 20.1 Å². The summed E-state index contributed by atoms with van der Waals surface area (Å²) < 4.78 is 7.29. The van der Waals surface area contributed by atoms with E-state index in [1.807, 2.05) is 73.7 Å². The normalized spacial score (nSPS) is 12.1. The maximum Gasteiger partial charge on any atom is 0.240 e. The van der Waals surface area contributed by atoms with Gasteiger partial charge in [0.1, 0.15) is 11.0 Å². The van der Waals surface area contributed by atoms with E-state index in [4.69, 9.17) is 4.42 Å². The van der Waals surface area contributed by atoms with Gasteiger partial charge in [-0.1, -0.05) is 42.1 Å². The van der Waals surface area contributed by atoms with Crippen molar-refractivity contribution < 1.29 is 9.21 Å². The molecule has 1 atom stereocenters. The van der Waals surface area contributed by atoms with Gasteiger partial charge in [0.2, 0.25) is 5.91 Å². The van der Waals surface area contributed by atoms with Gasteiger partial charge >= 0.3 is 0 Å². The number of thioether (sulfide) groups is 1. The third kappa shape index (κ3) is 3.93. The molecule has 7 heteroatoms. The number of aromatic nitrogens is 3. The Kier molecular flexibility index (Phi) is 6.01. The number of furan rings is 1. The molecule has 0 saturated carbocycles. The summed E-state index contributed by atoms with van der Waals surface area (Å²) in [6, 6.07) is 11.7. The zero-order chi connectivity index (χ0) is 19.4. The third-order valence-electron chi connectivity index (χ3n) is 4.56. The van der Waals surface area contributed by atoms with Crippen LogP contribution in [0.2, 0.25) is 0 Å². The summed E-state index contributed by atoms with van der Waals surface area (Å²) in [6.45, 7) is 7.25. The summed E-state index contributed by atoms with van der Waals surface area (Å²) in [5.74, 6) is 1.60. The second-order valence-corrected chi connectivity index (χ2v) is 7.25. The van der Waals surface area contributed by atoms with Gasteiger partial charge in [-0.2, -0.15) is 0 Å². The molecular formula is C20H24N4O2S. The molecule has 0 saturated heterocycles. The Labute approximate surface area is 163 Å². The molecule has 0 aliphatic heterocycles. The summed E-state index contributed by atoms with van der Waals surface area (Å²) in [4.78, 5) is 15.0. The van der Waals surface area contributed by atoms with E-state index in [0.717, 1.165) is 22.7 Å². The van der Waals surface area contributed by atoms with E-state index in [2.05, 4.69) is 10.2 Å². The minimum Gasteiger partial charge on any atom is -0.469 e. The van der Waals surface area contributed by atoms with Crippen LogP contribution in [0, 0.1) is 6.92 Å². The van der Waals surface area contributed by atoms with Crippen molar-refractivity contribution in [2.45, 2.75) is 31.2 Å². The maximum absolute atomic E-state index is 13.1. The van der Waals surface area contributed by atoms with Crippen molar-refractivity contribution in [2.24, 2.45) is 7.05 Å². The standard InChI is InChI=1S/C20H24N4O2S/c1-5-24(6-2)19(25)17(15-10-8-7-9-11-15)27-20-22-21-18(23(20)4)16-12-13-26-14(16)3/h7-13,17H,5-6H2,1-4H3. The van der Waals surface area contributed by atoms with Crippen LogP contribution in [0.15, 0.2) is 52.2 Å². The van der Waals surface area contributed by atoms with Crippen LogP contribution in [-0.2, 0) is 11.8 Å². The lowest BCUT2D eigenvalue weighted by atomic mass is 10.1. The Morgan fingerprint density at radius 2 is 1.89 bits per heavy atom. The SMILES string of the molecule is CCN(CC)C(=O)C(Sc1nnc(-c2ccoc2C)n1C)c1ccccc1. The van der Waals surface area contributed by atoms with E-state index < -0.39 is 0 Å². The highest BCUT2D eigenvalue weighted by atomic mass is 32.2. The molecule has 1 unspecified atom stereocenters. The highest BCUT2D eigenvalue weighted by Crippen LogP contribution is 2.37. The first-order valence-electron chi connectivity index (χ1n) is 9.01. The first-order valence-corrected chi connectivity index (χ1v) is 9.89. The summed E-state index contributed by atoms with van der Waals surface area (Å²) in [5, 5.41) is 8.98. The Balaban J connectivity index is 1.95. The number of amides is 1. The molecular weight excluding hydrogens is 360 g/mol. The average Bonchev–Trinajstić information content (AvgIpc) is 3.26. The molecule has 0 aliphatic carbocycles. The van der Waals surface area contributed by atoms with Gasteiger partial charge in [0.15, 0.2) is 11.0 Å². The van der Waals surface area contributed by atoms with E-state index in [-0.39, 0.29) is 11.2 Å². The molecule has 2 heterocycles. The number of aryl methyl sites for hydroxylation is 1. The smallest absolute Gasteiger partial charge is 0.240 e. The summed E-state index contributed by atoms with van der Waals surface area (Å²) in [7, 11) is 1.91. The summed E-state index contributed by atoms with van der Waals surface area (Å²) in [5.41, 5.74) is 1.87. The van der Waals surface area contributed by atoms with Crippen molar-refractivity contribution in [3.05, 3.63) is 54.0 Å². The predicted octanol–water partition coefficient (Wildman–Crippen LogP) is 4.09. The van der Waals surface area contributed by atoms with Crippen LogP contribution in [0.25, 0.3) is 11.4 Å². The molecule has 0 bridgehead atoms. The molecule has 1 amide bonds. The summed E-state index contributed by atoms with van der Waals surface area (Å²) >= 11 is 1.43. The lowest BCUT2D eigenvalue weighted by Crippen LogP contribution is -2.34. The number of benzene rings is 1. The Morgan fingerprint density at radius 1 is 1.19 bits per heavy atom. The number of hydrogen-bond donors (Lipinski definition) is 0. The lowest BCUT2D eigenvalue weighted by molar-refractivity contribution is -0.130.